The zero-order valence-electron chi connectivity index (χ0n) is 10.7. The molecular weight excluding hydrogens is 270 g/mol. The third kappa shape index (κ3) is 2.99. The molecule has 0 saturated heterocycles. The van der Waals surface area contributed by atoms with Crippen LogP contribution >= 0.6 is 11.6 Å². The number of hydrogen-bond donors (Lipinski definition) is 0. The van der Waals surface area contributed by atoms with E-state index < -0.39 is 11.4 Å². The van der Waals surface area contributed by atoms with Crippen LogP contribution < -0.4 is 4.74 Å². The molecule has 1 heterocycles. The molecule has 0 bridgehead atoms. The van der Waals surface area contributed by atoms with Crippen LogP contribution in [0.25, 0.3) is 0 Å². The fraction of sp³-hybridized carbons (Fsp3) is 0.462. The molecule has 0 unspecified atom stereocenters. The minimum absolute atomic E-state index is 0.357. The number of ether oxygens (including phenoxy) is 1. The van der Waals surface area contributed by atoms with E-state index in [1.165, 1.54) is 0 Å². The predicted molar refractivity (Wildman–Crippen MR) is 76.0 cm³/mol. The zero-order valence-corrected chi connectivity index (χ0v) is 12.3. The Labute approximate surface area is 116 Å². The summed E-state index contributed by atoms with van der Waals surface area (Å²) < 4.78 is 21.6. The summed E-state index contributed by atoms with van der Waals surface area (Å²) in [6.07, 6.45) is 0.662. The second kappa shape index (κ2) is 5.11. The van der Waals surface area contributed by atoms with Gasteiger partial charge in [-0.15, -0.1) is 0 Å². The Morgan fingerprint density at radius 1 is 1.39 bits per heavy atom. The zero-order chi connectivity index (χ0) is 13.3. The first-order valence-corrected chi connectivity index (χ1v) is 7.29. The van der Waals surface area contributed by atoms with Crippen LogP contribution in [0.2, 0.25) is 5.02 Å². The quantitative estimate of drug-likeness (QED) is 0.743. The highest BCUT2D eigenvalue weighted by molar-refractivity contribution is 7.91. The topological polar surface area (TPSA) is 44.7 Å². The summed E-state index contributed by atoms with van der Waals surface area (Å²) in [5, 5.41) is 0.633. The second-order valence-electron chi connectivity index (χ2n) is 5.14. The van der Waals surface area contributed by atoms with E-state index in [2.05, 4.69) is 4.40 Å². The van der Waals surface area contributed by atoms with Gasteiger partial charge in [-0.2, -0.15) is 0 Å². The van der Waals surface area contributed by atoms with E-state index in [0.29, 0.717) is 18.1 Å². The lowest BCUT2D eigenvalue weighted by Gasteiger charge is -2.22. The van der Waals surface area contributed by atoms with Crippen LogP contribution in [0.15, 0.2) is 22.6 Å². The largest absolute Gasteiger partial charge is 0.591 e. The Bertz CT molecular complexity index is 482. The van der Waals surface area contributed by atoms with Crippen LogP contribution in [-0.4, -0.2) is 21.6 Å². The molecule has 1 aliphatic heterocycles. The second-order valence-corrected chi connectivity index (χ2v) is 7.48. The fourth-order valence-corrected chi connectivity index (χ4v) is 2.41. The van der Waals surface area contributed by atoms with Crippen molar-refractivity contribution >= 4 is 28.7 Å². The van der Waals surface area contributed by atoms with Crippen molar-refractivity contribution in [1.29, 1.82) is 0 Å². The Hall–Kier alpha value is -0.710. The van der Waals surface area contributed by atoms with Gasteiger partial charge in [-0.1, -0.05) is 16.0 Å². The average molecular weight is 286 g/mol. The maximum atomic E-state index is 12.1. The van der Waals surface area contributed by atoms with E-state index in [0.717, 1.165) is 17.0 Å². The molecule has 2 rings (SSSR count). The van der Waals surface area contributed by atoms with Crippen molar-refractivity contribution in [1.82, 2.24) is 0 Å². The van der Waals surface area contributed by atoms with E-state index in [1.54, 1.807) is 6.07 Å². The molecule has 0 spiro atoms. The van der Waals surface area contributed by atoms with Gasteiger partial charge in [0.15, 0.2) is 0 Å². The maximum absolute atomic E-state index is 12.1. The van der Waals surface area contributed by atoms with Crippen molar-refractivity contribution in [2.75, 3.05) is 6.61 Å². The van der Waals surface area contributed by atoms with Crippen LogP contribution in [0.3, 0.4) is 0 Å². The Morgan fingerprint density at radius 2 is 2.11 bits per heavy atom. The molecule has 0 radical (unpaired) electrons. The molecule has 0 aromatic heterocycles. The van der Waals surface area contributed by atoms with E-state index >= 15 is 0 Å². The Kier molecular flexibility index (Phi) is 3.90. The normalized spacial score (nSPS) is 19.3. The van der Waals surface area contributed by atoms with Crippen molar-refractivity contribution in [3.8, 4) is 5.75 Å². The van der Waals surface area contributed by atoms with E-state index in [4.69, 9.17) is 16.3 Å². The first-order valence-electron chi connectivity index (χ1n) is 5.80. The summed E-state index contributed by atoms with van der Waals surface area (Å²) in [5.74, 6) is 0.760. The predicted octanol–water partition coefficient (Wildman–Crippen LogP) is 3.37. The summed E-state index contributed by atoms with van der Waals surface area (Å²) in [5.41, 5.74) is 1.67. The van der Waals surface area contributed by atoms with Gasteiger partial charge in [0, 0.05) is 17.0 Å². The molecule has 1 aromatic carbocycles. The lowest BCUT2D eigenvalue weighted by atomic mass is 10.0. The first kappa shape index (κ1) is 13.7. The lowest BCUT2D eigenvalue weighted by molar-refractivity contribution is 0.320. The van der Waals surface area contributed by atoms with Gasteiger partial charge in [0.2, 0.25) is 0 Å². The van der Waals surface area contributed by atoms with Gasteiger partial charge in [-0.3, -0.25) is 0 Å². The number of fused-ring (bicyclic) bond motifs is 1. The highest BCUT2D eigenvalue weighted by Crippen LogP contribution is 2.29. The summed E-state index contributed by atoms with van der Waals surface area (Å²) in [7, 11) is 0. The summed E-state index contributed by atoms with van der Waals surface area (Å²) in [4.78, 5) is 0. The smallest absolute Gasteiger partial charge is 0.144 e. The van der Waals surface area contributed by atoms with Crippen LogP contribution in [0.5, 0.6) is 5.75 Å². The fourth-order valence-electron chi connectivity index (χ4n) is 1.58. The van der Waals surface area contributed by atoms with Gasteiger partial charge in [0.05, 0.1) is 6.61 Å². The molecule has 0 N–H and O–H groups in total. The molecule has 5 heteroatoms. The average Bonchev–Trinajstić information content (AvgIpc) is 2.28. The van der Waals surface area contributed by atoms with Crippen molar-refractivity contribution in [2.45, 2.75) is 31.9 Å². The molecule has 1 aliphatic rings. The van der Waals surface area contributed by atoms with Crippen LogP contribution in [0, 0.1) is 0 Å². The third-order valence-corrected chi connectivity index (χ3v) is 4.23. The maximum Gasteiger partial charge on any atom is 0.144 e. The summed E-state index contributed by atoms with van der Waals surface area (Å²) >= 11 is 4.72. The molecule has 3 nitrogen and oxygen atoms in total. The van der Waals surface area contributed by atoms with Gasteiger partial charge in [-0.25, -0.2) is 0 Å². The number of hydrogen-bond acceptors (Lipinski definition) is 3. The Balaban J connectivity index is 2.38. The minimum Gasteiger partial charge on any atom is -0.591 e. The minimum atomic E-state index is -1.26. The third-order valence-electron chi connectivity index (χ3n) is 2.57. The molecule has 18 heavy (non-hydrogen) atoms. The highest BCUT2D eigenvalue weighted by atomic mass is 35.5. The van der Waals surface area contributed by atoms with Crippen LogP contribution in [-0.2, 0) is 11.4 Å². The summed E-state index contributed by atoms with van der Waals surface area (Å²) in [6, 6.07) is 5.42. The molecule has 0 saturated carbocycles. The molecule has 1 aromatic rings. The Morgan fingerprint density at radius 3 is 2.78 bits per heavy atom. The number of halogens is 1. The summed E-state index contributed by atoms with van der Waals surface area (Å²) in [6.45, 7) is 6.29. The molecule has 0 amide bonds. The van der Waals surface area contributed by atoms with E-state index in [1.807, 2.05) is 32.9 Å². The van der Waals surface area contributed by atoms with Crippen molar-refractivity contribution in [2.24, 2.45) is 4.40 Å². The first-order chi connectivity index (χ1) is 8.38. The molecule has 0 fully saturated rings. The van der Waals surface area contributed by atoms with E-state index in [-0.39, 0.29) is 4.75 Å². The van der Waals surface area contributed by atoms with Crippen molar-refractivity contribution in [3.05, 3.63) is 28.8 Å². The molecular formula is C13H16ClNO2S. The molecule has 98 valence electrons. The monoisotopic (exact) mass is 285 g/mol. The highest BCUT2D eigenvalue weighted by Gasteiger charge is 2.29. The SMILES string of the molecule is CC(C)(C)[S@+]([O-])N=C1CCOc2ccc(Cl)cc21. The number of nitrogens with zero attached hydrogens (tertiary/aromatic N) is 1. The number of rotatable bonds is 1. The number of benzene rings is 1. The van der Waals surface area contributed by atoms with Gasteiger partial charge in [0.25, 0.3) is 0 Å². The molecule has 1 atom stereocenters. The van der Waals surface area contributed by atoms with Gasteiger partial charge >= 0.3 is 0 Å². The van der Waals surface area contributed by atoms with Crippen LogP contribution in [0.1, 0.15) is 32.8 Å². The lowest BCUT2D eigenvalue weighted by Crippen LogP contribution is -2.28. The van der Waals surface area contributed by atoms with E-state index in [9.17, 15) is 4.55 Å². The molecule has 0 aliphatic carbocycles. The van der Waals surface area contributed by atoms with Crippen molar-refractivity contribution < 1.29 is 9.29 Å². The standard InChI is InChI=1S/C13H16ClNO2S/c1-13(2,3)18(16)15-11-6-7-17-12-5-4-9(14)8-10(11)12/h4-5,8H,6-7H2,1-3H3/t18-/m0/s1. The van der Waals surface area contributed by atoms with Crippen molar-refractivity contribution in [3.63, 3.8) is 0 Å². The van der Waals surface area contributed by atoms with Gasteiger partial charge in [-0.05, 0) is 39.0 Å². The van der Waals surface area contributed by atoms with Crippen LogP contribution in [0.4, 0.5) is 0 Å². The van der Waals surface area contributed by atoms with Gasteiger partial charge < -0.3 is 9.29 Å². The van der Waals surface area contributed by atoms with Gasteiger partial charge in [0.1, 0.15) is 27.6 Å².